The summed E-state index contributed by atoms with van der Waals surface area (Å²) in [5.74, 6) is 0.625. The molecule has 0 saturated carbocycles. The van der Waals surface area contributed by atoms with Gasteiger partial charge in [0.05, 0.1) is 24.2 Å². The van der Waals surface area contributed by atoms with Crippen LogP contribution in [0.5, 0.6) is 0 Å². The standard InChI is InChI=1S/C12H19N3O/c1-16-9-10-3-2-4-15(8-10)12-5-11(13)6-14-7-12/h5-7,10H,2-4,8-9,13H2,1H3. The maximum Gasteiger partial charge on any atom is 0.0573 e. The lowest BCUT2D eigenvalue weighted by Gasteiger charge is -2.33. The van der Waals surface area contributed by atoms with E-state index in [0.717, 1.165) is 31.1 Å². The number of nitrogens with zero attached hydrogens (tertiary/aromatic N) is 2. The molecule has 16 heavy (non-hydrogen) atoms. The van der Waals surface area contributed by atoms with E-state index in [9.17, 15) is 0 Å². The number of hydrogen-bond acceptors (Lipinski definition) is 4. The van der Waals surface area contributed by atoms with E-state index in [1.165, 1.54) is 12.8 Å². The Kier molecular flexibility index (Phi) is 3.62. The second-order valence-electron chi connectivity index (χ2n) is 4.39. The Morgan fingerprint density at radius 3 is 3.19 bits per heavy atom. The van der Waals surface area contributed by atoms with E-state index in [0.29, 0.717) is 5.92 Å². The fourth-order valence-electron chi connectivity index (χ4n) is 2.29. The summed E-state index contributed by atoms with van der Waals surface area (Å²) in [4.78, 5) is 6.48. The van der Waals surface area contributed by atoms with Crippen LogP contribution >= 0.6 is 0 Å². The van der Waals surface area contributed by atoms with Crippen LogP contribution in [0.1, 0.15) is 12.8 Å². The summed E-state index contributed by atoms with van der Waals surface area (Å²) in [5.41, 5.74) is 7.60. The first-order chi connectivity index (χ1) is 7.79. The van der Waals surface area contributed by atoms with E-state index >= 15 is 0 Å². The van der Waals surface area contributed by atoms with Crippen LogP contribution in [0.15, 0.2) is 18.5 Å². The van der Waals surface area contributed by atoms with Crippen molar-refractivity contribution in [1.29, 1.82) is 0 Å². The van der Waals surface area contributed by atoms with Crippen LogP contribution in [0.2, 0.25) is 0 Å². The summed E-state index contributed by atoms with van der Waals surface area (Å²) < 4.78 is 5.22. The highest BCUT2D eigenvalue weighted by atomic mass is 16.5. The van der Waals surface area contributed by atoms with Crippen molar-refractivity contribution in [1.82, 2.24) is 4.98 Å². The number of nitrogens with two attached hydrogens (primary N) is 1. The van der Waals surface area contributed by atoms with Gasteiger partial charge < -0.3 is 15.4 Å². The van der Waals surface area contributed by atoms with Crippen molar-refractivity contribution in [2.45, 2.75) is 12.8 Å². The SMILES string of the molecule is COCC1CCCN(c2cncc(N)c2)C1. The molecule has 0 aliphatic carbocycles. The van der Waals surface area contributed by atoms with Crippen molar-refractivity contribution in [2.24, 2.45) is 5.92 Å². The van der Waals surface area contributed by atoms with Crippen molar-refractivity contribution >= 4 is 11.4 Å². The lowest BCUT2D eigenvalue weighted by molar-refractivity contribution is 0.143. The van der Waals surface area contributed by atoms with Crippen molar-refractivity contribution in [3.05, 3.63) is 18.5 Å². The normalized spacial score (nSPS) is 21.1. The minimum atomic E-state index is 0.625. The lowest BCUT2D eigenvalue weighted by atomic mass is 9.98. The molecule has 1 saturated heterocycles. The molecule has 1 unspecified atom stereocenters. The average Bonchev–Trinajstić information content (AvgIpc) is 2.30. The Labute approximate surface area is 96.4 Å². The van der Waals surface area contributed by atoms with Gasteiger partial charge in [-0.2, -0.15) is 0 Å². The summed E-state index contributed by atoms with van der Waals surface area (Å²) >= 11 is 0. The van der Waals surface area contributed by atoms with Gasteiger partial charge >= 0.3 is 0 Å². The molecule has 1 atom stereocenters. The first-order valence-corrected chi connectivity index (χ1v) is 5.74. The highest BCUT2D eigenvalue weighted by Gasteiger charge is 2.20. The lowest BCUT2D eigenvalue weighted by Crippen LogP contribution is -2.37. The molecule has 88 valence electrons. The molecule has 0 spiro atoms. The summed E-state index contributed by atoms with van der Waals surface area (Å²) in [5, 5.41) is 0. The van der Waals surface area contributed by atoms with Crippen molar-refractivity contribution in [3.8, 4) is 0 Å². The zero-order chi connectivity index (χ0) is 11.4. The molecule has 1 aromatic heterocycles. The number of anilines is 2. The van der Waals surface area contributed by atoms with Gasteiger partial charge in [0.2, 0.25) is 0 Å². The smallest absolute Gasteiger partial charge is 0.0573 e. The monoisotopic (exact) mass is 221 g/mol. The van der Waals surface area contributed by atoms with Gasteiger partial charge in [-0.15, -0.1) is 0 Å². The molecule has 1 aromatic rings. The molecule has 0 radical (unpaired) electrons. The Morgan fingerprint density at radius 2 is 2.44 bits per heavy atom. The molecule has 2 N–H and O–H groups in total. The van der Waals surface area contributed by atoms with Crippen LogP contribution in [-0.4, -0.2) is 31.8 Å². The first-order valence-electron chi connectivity index (χ1n) is 5.74. The van der Waals surface area contributed by atoms with Crippen LogP contribution < -0.4 is 10.6 Å². The molecule has 0 amide bonds. The molecule has 4 heteroatoms. The Bertz CT molecular complexity index is 341. The number of hydrogen-bond donors (Lipinski definition) is 1. The van der Waals surface area contributed by atoms with Gasteiger partial charge in [-0.25, -0.2) is 0 Å². The van der Waals surface area contributed by atoms with Crippen LogP contribution in [0.4, 0.5) is 11.4 Å². The maximum atomic E-state index is 5.74. The Hall–Kier alpha value is -1.29. The van der Waals surface area contributed by atoms with Gasteiger partial charge in [0.1, 0.15) is 0 Å². The van der Waals surface area contributed by atoms with Gasteiger partial charge in [-0.3, -0.25) is 4.98 Å². The highest BCUT2D eigenvalue weighted by Crippen LogP contribution is 2.23. The number of methoxy groups -OCH3 is 1. The zero-order valence-corrected chi connectivity index (χ0v) is 9.72. The number of piperidine rings is 1. The van der Waals surface area contributed by atoms with E-state index < -0.39 is 0 Å². The van der Waals surface area contributed by atoms with E-state index in [1.807, 2.05) is 12.3 Å². The van der Waals surface area contributed by atoms with Crippen LogP contribution in [0.3, 0.4) is 0 Å². The molecule has 0 bridgehead atoms. The fraction of sp³-hybridized carbons (Fsp3) is 0.583. The van der Waals surface area contributed by atoms with Gasteiger partial charge in [0.15, 0.2) is 0 Å². The molecule has 0 aromatic carbocycles. The second-order valence-corrected chi connectivity index (χ2v) is 4.39. The molecule has 1 aliphatic heterocycles. The number of aromatic nitrogens is 1. The summed E-state index contributed by atoms with van der Waals surface area (Å²) in [6.07, 6.45) is 6.02. The Balaban J connectivity index is 2.03. The third-order valence-corrected chi connectivity index (χ3v) is 3.03. The van der Waals surface area contributed by atoms with E-state index in [-0.39, 0.29) is 0 Å². The number of nitrogen functional groups attached to an aromatic ring is 1. The Morgan fingerprint density at radius 1 is 1.56 bits per heavy atom. The molecule has 2 heterocycles. The second kappa shape index (κ2) is 5.16. The van der Waals surface area contributed by atoms with Crippen molar-refractivity contribution in [2.75, 3.05) is 37.4 Å². The summed E-state index contributed by atoms with van der Waals surface area (Å²) in [7, 11) is 1.76. The summed E-state index contributed by atoms with van der Waals surface area (Å²) in [6, 6.07) is 1.99. The zero-order valence-electron chi connectivity index (χ0n) is 9.72. The van der Waals surface area contributed by atoms with Crippen molar-refractivity contribution in [3.63, 3.8) is 0 Å². The molecule has 1 aliphatic rings. The largest absolute Gasteiger partial charge is 0.397 e. The fourth-order valence-corrected chi connectivity index (χ4v) is 2.29. The van der Waals surface area contributed by atoms with Gasteiger partial charge in [0.25, 0.3) is 0 Å². The van der Waals surface area contributed by atoms with E-state index in [1.54, 1.807) is 13.3 Å². The third kappa shape index (κ3) is 2.64. The van der Waals surface area contributed by atoms with Gasteiger partial charge in [-0.1, -0.05) is 0 Å². The number of ether oxygens (including phenoxy) is 1. The molecule has 2 rings (SSSR count). The predicted molar refractivity (Wildman–Crippen MR) is 65.5 cm³/mol. The molecule has 4 nitrogen and oxygen atoms in total. The van der Waals surface area contributed by atoms with Crippen LogP contribution in [0.25, 0.3) is 0 Å². The number of pyridine rings is 1. The molecular weight excluding hydrogens is 202 g/mol. The minimum absolute atomic E-state index is 0.625. The van der Waals surface area contributed by atoms with Crippen LogP contribution in [0, 0.1) is 5.92 Å². The summed E-state index contributed by atoms with van der Waals surface area (Å²) in [6.45, 7) is 2.97. The van der Waals surface area contributed by atoms with Crippen LogP contribution in [-0.2, 0) is 4.74 Å². The van der Waals surface area contributed by atoms with E-state index in [4.69, 9.17) is 10.5 Å². The average molecular weight is 221 g/mol. The van der Waals surface area contributed by atoms with E-state index in [2.05, 4.69) is 9.88 Å². The molecular formula is C12H19N3O. The topological polar surface area (TPSA) is 51.4 Å². The first kappa shape index (κ1) is 11.2. The van der Waals surface area contributed by atoms with Crippen molar-refractivity contribution < 1.29 is 4.74 Å². The van der Waals surface area contributed by atoms with Gasteiger partial charge in [0, 0.05) is 26.4 Å². The van der Waals surface area contributed by atoms with Gasteiger partial charge in [-0.05, 0) is 24.8 Å². The quantitative estimate of drug-likeness (QED) is 0.841. The number of rotatable bonds is 3. The third-order valence-electron chi connectivity index (χ3n) is 3.03. The maximum absolute atomic E-state index is 5.74. The molecule has 1 fully saturated rings. The minimum Gasteiger partial charge on any atom is -0.397 e. The highest BCUT2D eigenvalue weighted by molar-refractivity contribution is 5.53. The predicted octanol–water partition coefficient (Wildman–Crippen LogP) is 1.53.